The number of aliphatic hydroxyl groups excluding tert-OH is 1. The van der Waals surface area contributed by atoms with E-state index < -0.39 is 6.10 Å². The lowest BCUT2D eigenvalue weighted by Gasteiger charge is -2.21. The van der Waals surface area contributed by atoms with Crippen LogP contribution >= 0.6 is 0 Å². The number of benzene rings is 1. The Morgan fingerprint density at radius 1 is 1.22 bits per heavy atom. The molecule has 18 heavy (non-hydrogen) atoms. The maximum Gasteiger partial charge on any atom is 0.0914 e. The van der Waals surface area contributed by atoms with Crippen molar-refractivity contribution in [2.45, 2.75) is 37.5 Å². The highest BCUT2D eigenvalue weighted by Crippen LogP contribution is 2.38. The molecule has 98 valence electrons. The van der Waals surface area contributed by atoms with Crippen LogP contribution in [-0.4, -0.2) is 30.4 Å². The van der Waals surface area contributed by atoms with Crippen LogP contribution in [-0.2, 0) is 4.74 Å². The molecule has 1 aromatic carbocycles. The zero-order chi connectivity index (χ0) is 12.4. The van der Waals surface area contributed by atoms with Crippen LogP contribution in [0.2, 0.25) is 0 Å². The van der Waals surface area contributed by atoms with Gasteiger partial charge in [0.15, 0.2) is 0 Å². The van der Waals surface area contributed by atoms with E-state index in [9.17, 15) is 5.11 Å². The topological polar surface area (TPSA) is 41.5 Å². The Hall–Kier alpha value is -0.900. The predicted octanol–water partition coefficient (Wildman–Crippen LogP) is 1.88. The molecule has 3 atom stereocenters. The standard InChI is InChI=1S/C15H21NO2/c17-14(11-4-2-1-3-5-11)10-16-13-8-9-18-15(13)12-6-7-12/h1-5,12-17H,6-10H2. The Kier molecular flexibility index (Phi) is 3.64. The Morgan fingerprint density at radius 2 is 2.00 bits per heavy atom. The first-order valence-corrected chi connectivity index (χ1v) is 6.92. The Bertz CT molecular complexity index is 377. The Morgan fingerprint density at radius 3 is 2.72 bits per heavy atom. The van der Waals surface area contributed by atoms with Crippen molar-refractivity contribution in [2.24, 2.45) is 5.92 Å². The lowest BCUT2D eigenvalue weighted by atomic mass is 10.0. The summed E-state index contributed by atoms with van der Waals surface area (Å²) in [5, 5.41) is 13.6. The molecule has 2 aliphatic rings. The molecule has 3 rings (SSSR count). The normalized spacial score (nSPS) is 29.4. The van der Waals surface area contributed by atoms with Crippen LogP contribution in [0.3, 0.4) is 0 Å². The van der Waals surface area contributed by atoms with Crippen molar-refractivity contribution in [3.8, 4) is 0 Å². The van der Waals surface area contributed by atoms with Gasteiger partial charge in [-0.05, 0) is 30.7 Å². The largest absolute Gasteiger partial charge is 0.387 e. The molecule has 0 amide bonds. The predicted molar refractivity (Wildman–Crippen MR) is 70.3 cm³/mol. The number of rotatable bonds is 5. The molecule has 1 aromatic rings. The minimum atomic E-state index is -0.424. The first-order valence-electron chi connectivity index (χ1n) is 6.92. The molecule has 2 N–H and O–H groups in total. The molecule has 3 heteroatoms. The van der Waals surface area contributed by atoms with Crippen LogP contribution in [0, 0.1) is 5.92 Å². The second kappa shape index (κ2) is 5.39. The number of ether oxygens (including phenoxy) is 1. The molecule has 1 aliphatic carbocycles. The lowest BCUT2D eigenvalue weighted by Crippen LogP contribution is -2.39. The highest BCUT2D eigenvalue weighted by atomic mass is 16.5. The molecule has 0 radical (unpaired) electrons. The summed E-state index contributed by atoms with van der Waals surface area (Å²) < 4.78 is 5.78. The van der Waals surface area contributed by atoms with Gasteiger partial charge in [0.05, 0.1) is 12.2 Å². The smallest absolute Gasteiger partial charge is 0.0914 e. The highest BCUT2D eigenvalue weighted by molar-refractivity contribution is 5.17. The molecular weight excluding hydrogens is 226 g/mol. The fourth-order valence-corrected chi connectivity index (χ4v) is 2.78. The summed E-state index contributed by atoms with van der Waals surface area (Å²) >= 11 is 0. The van der Waals surface area contributed by atoms with Gasteiger partial charge in [-0.15, -0.1) is 0 Å². The zero-order valence-electron chi connectivity index (χ0n) is 10.6. The molecule has 1 aliphatic heterocycles. The monoisotopic (exact) mass is 247 g/mol. The third-order valence-corrected chi connectivity index (χ3v) is 3.98. The van der Waals surface area contributed by atoms with Gasteiger partial charge in [0.1, 0.15) is 0 Å². The van der Waals surface area contributed by atoms with Gasteiger partial charge in [-0.1, -0.05) is 30.3 Å². The maximum absolute atomic E-state index is 10.1. The molecule has 0 spiro atoms. The van der Waals surface area contributed by atoms with Gasteiger partial charge in [0.25, 0.3) is 0 Å². The summed E-state index contributed by atoms with van der Waals surface area (Å²) in [7, 11) is 0. The summed E-state index contributed by atoms with van der Waals surface area (Å²) in [6.45, 7) is 1.47. The summed E-state index contributed by atoms with van der Waals surface area (Å²) in [5.41, 5.74) is 0.979. The number of nitrogens with one attached hydrogen (secondary N) is 1. The number of hydrogen-bond acceptors (Lipinski definition) is 3. The van der Waals surface area contributed by atoms with Gasteiger partial charge >= 0.3 is 0 Å². The Balaban J connectivity index is 1.51. The summed E-state index contributed by atoms with van der Waals surface area (Å²) in [4.78, 5) is 0. The third-order valence-electron chi connectivity index (χ3n) is 3.98. The van der Waals surface area contributed by atoms with E-state index in [0.717, 1.165) is 24.5 Å². The Labute approximate surface area is 108 Å². The molecule has 3 unspecified atom stereocenters. The van der Waals surface area contributed by atoms with Gasteiger partial charge in [-0.2, -0.15) is 0 Å². The van der Waals surface area contributed by atoms with Crippen LogP contribution in [0.25, 0.3) is 0 Å². The molecular formula is C15H21NO2. The first-order chi connectivity index (χ1) is 8.84. The van der Waals surface area contributed by atoms with Crippen molar-refractivity contribution in [3.05, 3.63) is 35.9 Å². The van der Waals surface area contributed by atoms with Gasteiger partial charge in [0, 0.05) is 19.2 Å². The first kappa shape index (κ1) is 12.2. The van der Waals surface area contributed by atoms with Crippen LogP contribution in [0.5, 0.6) is 0 Å². The third kappa shape index (κ3) is 2.74. The minimum absolute atomic E-state index is 0.382. The quantitative estimate of drug-likeness (QED) is 0.834. The van der Waals surface area contributed by atoms with E-state index in [2.05, 4.69) is 5.32 Å². The molecule has 1 saturated heterocycles. The van der Waals surface area contributed by atoms with Gasteiger partial charge in [-0.3, -0.25) is 0 Å². The average molecular weight is 247 g/mol. The average Bonchev–Trinajstić information content (AvgIpc) is 3.16. The molecule has 3 nitrogen and oxygen atoms in total. The second-order valence-corrected chi connectivity index (χ2v) is 5.40. The fourth-order valence-electron chi connectivity index (χ4n) is 2.78. The van der Waals surface area contributed by atoms with Crippen LogP contribution < -0.4 is 5.32 Å². The van der Waals surface area contributed by atoms with Crippen molar-refractivity contribution in [1.82, 2.24) is 5.32 Å². The second-order valence-electron chi connectivity index (χ2n) is 5.40. The summed E-state index contributed by atoms with van der Waals surface area (Å²) in [6, 6.07) is 10.3. The summed E-state index contributed by atoms with van der Waals surface area (Å²) in [6.07, 6.45) is 3.65. The zero-order valence-corrected chi connectivity index (χ0v) is 10.6. The van der Waals surface area contributed by atoms with Gasteiger partial charge in [-0.25, -0.2) is 0 Å². The van der Waals surface area contributed by atoms with Crippen molar-refractivity contribution in [2.75, 3.05) is 13.2 Å². The SMILES string of the molecule is OC(CNC1CCOC1C1CC1)c1ccccc1. The number of aliphatic hydroxyl groups is 1. The van der Waals surface area contributed by atoms with Gasteiger partial charge < -0.3 is 15.2 Å². The van der Waals surface area contributed by atoms with Crippen molar-refractivity contribution < 1.29 is 9.84 Å². The lowest BCUT2D eigenvalue weighted by molar-refractivity contribution is 0.0770. The molecule has 1 saturated carbocycles. The van der Waals surface area contributed by atoms with Crippen molar-refractivity contribution >= 4 is 0 Å². The molecule has 0 aromatic heterocycles. The highest BCUT2D eigenvalue weighted by Gasteiger charge is 2.40. The van der Waals surface area contributed by atoms with E-state index in [0.29, 0.717) is 18.7 Å². The maximum atomic E-state index is 10.1. The van der Waals surface area contributed by atoms with E-state index in [1.165, 1.54) is 12.8 Å². The van der Waals surface area contributed by atoms with E-state index >= 15 is 0 Å². The van der Waals surface area contributed by atoms with Crippen LogP contribution in [0.1, 0.15) is 30.9 Å². The van der Waals surface area contributed by atoms with Crippen molar-refractivity contribution in [1.29, 1.82) is 0 Å². The minimum Gasteiger partial charge on any atom is -0.387 e. The van der Waals surface area contributed by atoms with Crippen LogP contribution in [0.4, 0.5) is 0 Å². The number of hydrogen-bond donors (Lipinski definition) is 2. The fraction of sp³-hybridized carbons (Fsp3) is 0.600. The van der Waals surface area contributed by atoms with E-state index in [1.54, 1.807) is 0 Å². The van der Waals surface area contributed by atoms with E-state index in [-0.39, 0.29) is 0 Å². The van der Waals surface area contributed by atoms with E-state index in [1.807, 2.05) is 30.3 Å². The molecule has 2 fully saturated rings. The van der Waals surface area contributed by atoms with Crippen molar-refractivity contribution in [3.63, 3.8) is 0 Å². The van der Waals surface area contributed by atoms with Crippen LogP contribution in [0.15, 0.2) is 30.3 Å². The van der Waals surface area contributed by atoms with Gasteiger partial charge in [0.2, 0.25) is 0 Å². The molecule has 1 heterocycles. The molecule has 0 bridgehead atoms. The van der Waals surface area contributed by atoms with E-state index in [4.69, 9.17) is 4.74 Å². The summed E-state index contributed by atoms with van der Waals surface area (Å²) in [5.74, 6) is 0.763.